The predicted octanol–water partition coefficient (Wildman–Crippen LogP) is 6.51. The lowest BCUT2D eigenvalue weighted by atomic mass is 9.88. The van der Waals surface area contributed by atoms with E-state index in [4.69, 9.17) is 0 Å². The highest BCUT2D eigenvalue weighted by atomic mass is 31.2. The summed E-state index contributed by atoms with van der Waals surface area (Å²) in [4.78, 5) is 0. The van der Waals surface area contributed by atoms with E-state index in [9.17, 15) is 0 Å². The van der Waals surface area contributed by atoms with Gasteiger partial charge in [-0.3, -0.25) is 0 Å². The van der Waals surface area contributed by atoms with Gasteiger partial charge in [0.05, 0.1) is 0 Å². The van der Waals surface area contributed by atoms with E-state index in [1.807, 2.05) is 36.4 Å². The molecular weight excluding hydrogens is 395 g/mol. The highest BCUT2D eigenvalue weighted by molar-refractivity contribution is 7.79. The third-order valence-electron chi connectivity index (χ3n) is 6.96. The lowest BCUT2D eigenvalue weighted by Gasteiger charge is -2.34. The van der Waals surface area contributed by atoms with E-state index in [-0.39, 0.29) is 5.66 Å². The second-order valence-corrected chi connectivity index (χ2v) is 11.8. The fraction of sp³-hybridized carbons (Fsp3) is 0.241. The van der Waals surface area contributed by atoms with Crippen LogP contribution in [0, 0.1) is 6.92 Å². The summed E-state index contributed by atoms with van der Waals surface area (Å²) in [6, 6.07) is 27.3. The van der Waals surface area contributed by atoms with Gasteiger partial charge in [0.15, 0.2) is 0 Å². The molecule has 2 heteroatoms. The van der Waals surface area contributed by atoms with Crippen LogP contribution in [-0.4, -0.2) is 5.66 Å². The number of hydrogen-bond donors (Lipinski definition) is 0. The minimum atomic E-state index is -2.84. The van der Waals surface area contributed by atoms with Gasteiger partial charge in [-0.25, -0.2) is 0 Å². The molecule has 3 aromatic carbocycles. The molecule has 156 valence electrons. The van der Waals surface area contributed by atoms with Gasteiger partial charge in [0.2, 0.25) is 0 Å². The average Bonchev–Trinajstić information content (AvgIpc) is 2.81. The molecule has 0 aromatic heterocycles. The van der Waals surface area contributed by atoms with Crippen molar-refractivity contribution < 1.29 is 4.57 Å². The molecular formula is C29H29OP. The fourth-order valence-corrected chi connectivity index (χ4v) is 8.59. The van der Waals surface area contributed by atoms with Crippen LogP contribution in [0.1, 0.15) is 36.0 Å². The van der Waals surface area contributed by atoms with E-state index in [2.05, 4.69) is 61.5 Å². The van der Waals surface area contributed by atoms with Gasteiger partial charge >= 0.3 is 0 Å². The Kier molecular flexibility index (Phi) is 5.55. The number of allylic oxidation sites excluding steroid dienone is 4. The van der Waals surface area contributed by atoms with Crippen LogP contribution in [0.15, 0.2) is 102 Å². The second kappa shape index (κ2) is 8.48. The summed E-state index contributed by atoms with van der Waals surface area (Å²) in [5.74, 6) is 0. The first-order valence-corrected chi connectivity index (χ1v) is 13.1. The molecule has 1 unspecified atom stereocenters. The highest BCUT2D eigenvalue weighted by Gasteiger charge is 2.39. The standard InChI is InChI=1S/C29H29OP/c1-22-20-23-12-16-25(22)17-13-24-15-19-26(18-14-23)29(21-24)31(30,27-8-4-2-5-9-27)28-10-6-3-7-11-28/h2-12,15-16,19-20,29H,13-14,17-18,21H2,1H3. The predicted molar refractivity (Wildman–Crippen MR) is 132 cm³/mol. The molecule has 5 aliphatic carbocycles. The van der Waals surface area contributed by atoms with Crippen molar-refractivity contribution in [3.8, 4) is 0 Å². The molecule has 0 N–H and O–H groups in total. The van der Waals surface area contributed by atoms with Gasteiger partial charge in [-0.1, -0.05) is 102 Å². The largest absolute Gasteiger partial charge is 0.313 e. The zero-order chi connectivity index (χ0) is 21.3. The summed E-state index contributed by atoms with van der Waals surface area (Å²) in [6.07, 6.45) is 9.53. The van der Waals surface area contributed by atoms with Crippen molar-refractivity contribution in [1.29, 1.82) is 0 Å². The molecule has 0 radical (unpaired) electrons. The van der Waals surface area contributed by atoms with Gasteiger partial charge in [-0.15, -0.1) is 0 Å². The summed E-state index contributed by atoms with van der Waals surface area (Å²) in [5.41, 5.74) is 7.01. The fourth-order valence-electron chi connectivity index (χ4n) is 5.17. The van der Waals surface area contributed by atoms with Crippen LogP contribution in [0.4, 0.5) is 0 Å². The molecule has 0 saturated carbocycles. The van der Waals surface area contributed by atoms with Crippen molar-refractivity contribution in [3.05, 3.63) is 119 Å². The van der Waals surface area contributed by atoms with E-state index < -0.39 is 7.14 Å². The van der Waals surface area contributed by atoms with E-state index in [1.165, 1.54) is 27.8 Å². The van der Waals surface area contributed by atoms with Gasteiger partial charge in [0.25, 0.3) is 0 Å². The SMILES string of the molecule is Cc1cc2ccc1CCC1=CC=C(CC2)C(P(=O)(c2ccccc2)c2ccccc2)C1. The maximum Gasteiger partial charge on any atom is 0.150 e. The summed E-state index contributed by atoms with van der Waals surface area (Å²) >= 11 is 0. The second-order valence-electron chi connectivity index (χ2n) is 8.88. The molecule has 3 aromatic rings. The number of hydrogen-bond acceptors (Lipinski definition) is 1. The maximum absolute atomic E-state index is 15.1. The zero-order valence-corrected chi connectivity index (χ0v) is 19.0. The lowest BCUT2D eigenvalue weighted by Crippen LogP contribution is -2.29. The maximum atomic E-state index is 15.1. The van der Waals surface area contributed by atoms with Crippen molar-refractivity contribution in [2.45, 2.75) is 44.7 Å². The highest BCUT2D eigenvalue weighted by Crippen LogP contribution is 2.55. The molecule has 0 amide bonds. The topological polar surface area (TPSA) is 17.1 Å². The Balaban J connectivity index is 1.61. The number of benzene rings is 3. The first-order chi connectivity index (χ1) is 15.1. The van der Waals surface area contributed by atoms with Crippen LogP contribution in [-0.2, 0) is 17.4 Å². The average molecular weight is 425 g/mol. The van der Waals surface area contributed by atoms with Gasteiger partial charge in [-0.05, 0) is 55.7 Å². The summed E-state index contributed by atoms with van der Waals surface area (Å²) in [6.45, 7) is 2.23. The Hall–Kier alpha value is -2.63. The van der Waals surface area contributed by atoms with Crippen LogP contribution < -0.4 is 10.6 Å². The third kappa shape index (κ3) is 3.88. The normalized spacial score (nSPS) is 18.7. The summed E-state index contributed by atoms with van der Waals surface area (Å²) in [7, 11) is -2.84. The number of aryl methyl sites for hydroxylation is 3. The minimum Gasteiger partial charge on any atom is -0.313 e. The Morgan fingerprint density at radius 3 is 2.06 bits per heavy atom. The van der Waals surface area contributed by atoms with Gasteiger partial charge in [-0.2, -0.15) is 0 Å². The smallest absolute Gasteiger partial charge is 0.150 e. The summed E-state index contributed by atoms with van der Waals surface area (Å²) in [5, 5.41) is 1.95. The lowest BCUT2D eigenvalue weighted by molar-refractivity contribution is 0.577. The van der Waals surface area contributed by atoms with Crippen molar-refractivity contribution in [2.75, 3.05) is 0 Å². The van der Waals surface area contributed by atoms with E-state index in [0.717, 1.165) is 42.7 Å². The minimum absolute atomic E-state index is 0.0370. The molecule has 31 heavy (non-hydrogen) atoms. The van der Waals surface area contributed by atoms with Crippen LogP contribution in [0.3, 0.4) is 0 Å². The quantitative estimate of drug-likeness (QED) is 0.438. The van der Waals surface area contributed by atoms with Crippen LogP contribution in [0.2, 0.25) is 0 Å². The van der Waals surface area contributed by atoms with E-state index in [0.29, 0.717) is 0 Å². The molecule has 0 heterocycles. The van der Waals surface area contributed by atoms with Crippen molar-refractivity contribution in [2.24, 2.45) is 0 Å². The molecule has 1 atom stereocenters. The zero-order valence-electron chi connectivity index (χ0n) is 18.1. The van der Waals surface area contributed by atoms with E-state index in [1.54, 1.807) is 0 Å². The molecule has 4 bridgehead atoms. The molecule has 0 saturated heterocycles. The Bertz CT molecular complexity index is 1140. The van der Waals surface area contributed by atoms with Gasteiger partial charge < -0.3 is 4.57 Å². The number of rotatable bonds is 3. The van der Waals surface area contributed by atoms with Crippen molar-refractivity contribution in [1.82, 2.24) is 0 Å². The van der Waals surface area contributed by atoms with Crippen molar-refractivity contribution in [3.63, 3.8) is 0 Å². The monoisotopic (exact) mass is 424 g/mol. The molecule has 8 rings (SSSR count). The molecule has 1 nitrogen and oxygen atoms in total. The van der Waals surface area contributed by atoms with Crippen LogP contribution in [0.25, 0.3) is 0 Å². The summed E-state index contributed by atoms with van der Waals surface area (Å²) < 4.78 is 15.1. The van der Waals surface area contributed by atoms with Crippen LogP contribution in [0.5, 0.6) is 0 Å². The van der Waals surface area contributed by atoms with Crippen LogP contribution >= 0.6 is 7.14 Å². The Morgan fingerprint density at radius 1 is 0.742 bits per heavy atom. The van der Waals surface area contributed by atoms with Crippen molar-refractivity contribution >= 4 is 17.8 Å². The van der Waals surface area contributed by atoms with Gasteiger partial charge in [0.1, 0.15) is 7.14 Å². The molecule has 0 aliphatic heterocycles. The van der Waals surface area contributed by atoms with Gasteiger partial charge in [0, 0.05) is 16.3 Å². The Morgan fingerprint density at radius 2 is 1.42 bits per heavy atom. The molecule has 0 spiro atoms. The molecule has 0 fully saturated rings. The first kappa shape index (κ1) is 20.3. The third-order valence-corrected chi connectivity index (χ3v) is 10.5. The first-order valence-electron chi connectivity index (χ1n) is 11.3. The van der Waals surface area contributed by atoms with E-state index >= 15 is 4.57 Å². The Labute approximate surface area is 185 Å². The molecule has 5 aliphatic rings.